The van der Waals surface area contributed by atoms with Gasteiger partial charge in [0.25, 0.3) is 0 Å². The van der Waals surface area contributed by atoms with Crippen molar-refractivity contribution in [3.63, 3.8) is 0 Å². The van der Waals surface area contributed by atoms with E-state index in [9.17, 15) is 1.37 Å². The number of halogens is 1. The van der Waals surface area contributed by atoms with Gasteiger partial charge in [-0.25, -0.2) is 9.37 Å². The molecule has 0 atom stereocenters. The standard InChI is InChI=1S/C50H49FN3O2.C25H28N.Ir/c1-28(2)40-26-35(33-18-16-32(17-19-33)34-22-24-50(7,8)25-23-34)27-41(29(3)4)45(40)54-43-15-10-9-14-42(43)53-48(54)39-13-11-12-36-37-20-21-38(44(51)47(37)56-46(36)39)49-52-30(5)31(6)55-49;1-18-14-19(2)23(15-22(18)21-10-8-7-9-11-21)24-13-12-20(17-26(24)6)16-25(3,4)5;/h9-12,14-21,26-29,34H,22-25H2,1-8H3;7-15,17H,2,6,16H2,1,3-5H3;/q2*-1;+3/i5D3,6D3,34D;1D3,16D2;. The summed E-state index contributed by atoms with van der Waals surface area (Å²) in [6, 6.07) is 47.5. The van der Waals surface area contributed by atoms with Crippen LogP contribution in [-0.4, -0.2) is 14.5 Å². The topological polar surface area (TPSA) is 60.9 Å². The summed E-state index contributed by atoms with van der Waals surface area (Å²) >= 11 is 0. The summed E-state index contributed by atoms with van der Waals surface area (Å²) in [4.78, 5) is 9.18. The normalized spacial score (nSPS) is 16.9. The van der Waals surface area contributed by atoms with Crippen molar-refractivity contribution in [3.8, 4) is 62.0 Å². The molecule has 7 aromatic carbocycles. The van der Waals surface area contributed by atoms with Crippen LogP contribution in [0.3, 0.4) is 0 Å². The fourth-order valence-electron chi connectivity index (χ4n) is 11.4. The molecule has 0 bridgehead atoms. The quantitative estimate of drug-likeness (QED) is 0.101. The summed E-state index contributed by atoms with van der Waals surface area (Å²) in [5.74, 6) is -2.01. The largest absolute Gasteiger partial charge is 3.00 e. The van der Waals surface area contributed by atoms with E-state index in [1.165, 1.54) is 6.07 Å². The summed E-state index contributed by atoms with van der Waals surface area (Å²) in [6.07, 6.45) is 3.94. The number of imidazole rings is 1. The van der Waals surface area contributed by atoms with Crippen LogP contribution in [0.2, 0.25) is 0 Å². The molecule has 1 saturated carbocycles. The number of pyridine rings is 1. The molecular weight excluding hydrogens is 1200 g/mol. The molecule has 0 radical (unpaired) electrons. The van der Waals surface area contributed by atoms with Gasteiger partial charge in [-0.3, -0.25) is 4.98 Å². The minimum atomic E-state index is -2.93. The van der Waals surface area contributed by atoms with Crippen LogP contribution in [0, 0.1) is 57.2 Å². The number of rotatable bonds is 10. The molecule has 0 unspecified atom stereocenters. The predicted octanol–water partition coefficient (Wildman–Crippen LogP) is 20.4. The third-order valence-corrected chi connectivity index (χ3v) is 15.8. The fourth-order valence-corrected chi connectivity index (χ4v) is 11.4. The van der Waals surface area contributed by atoms with Gasteiger partial charge < -0.3 is 18.0 Å². The number of furan rings is 1. The summed E-state index contributed by atoms with van der Waals surface area (Å²) in [5, 5.41) is 1.03. The van der Waals surface area contributed by atoms with E-state index in [2.05, 4.69) is 108 Å². The average Bonchev–Trinajstić information content (AvgIpc) is 1.62. The Balaban J connectivity index is 0.000000259. The number of aromatic nitrogens is 4. The molecule has 8 heteroatoms. The van der Waals surface area contributed by atoms with Crippen molar-refractivity contribution >= 4 is 33.0 Å². The van der Waals surface area contributed by atoms with E-state index in [1.807, 2.05) is 87.5 Å². The molecule has 83 heavy (non-hydrogen) atoms. The molecular formula is C75H77FIrN4O2+. The van der Waals surface area contributed by atoms with Crippen molar-refractivity contribution < 1.29 is 54.3 Å². The number of hydrogen-bond acceptors (Lipinski definition) is 4. The smallest absolute Gasteiger partial charge is 0.497 e. The number of aryl methyl sites for hydroxylation is 3. The zero-order valence-corrected chi connectivity index (χ0v) is 51.0. The van der Waals surface area contributed by atoms with Gasteiger partial charge in [-0.1, -0.05) is 171 Å². The Morgan fingerprint density at radius 3 is 2.12 bits per heavy atom. The summed E-state index contributed by atoms with van der Waals surface area (Å²) in [6.45, 7) is 14.9. The number of fused-ring (bicyclic) bond motifs is 4. The van der Waals surface area contributed by atoms with Gasteiger partial charge in [-0.05, 0) is 149 Å². The van der Waals surface area contributed by atoms with Gasteiger partial charge in [0.15, 0.2) is 11.4 Å². The van der Waals surface area contributed by atoms with E-state index < -0.39 is 61.4 Å². The monoisotopic (exact) mass is 1290 g/mol. The summed E-state index contributed by atoms with van der Waals surface area (Å²) in [7, 11) is 4.08. The van der Waals surface area contributed by atoms with Gasteiger partial charge in [0.2, 0.25) is 5.89 Å². The van der Waals surface area contributed by atoms with E-state index >= 15 is 4.39 Å². The molecule has 424 valence electrons. The van der Waals surface area contributed by atoms with Crippen molar-refractivity contribution in [2.45, 2.75) is 133 Å². The van der Waals surface area contributed by atoms with Gasteiger partial charge in [-0.15, -0.1) is 29.8 Å². The van der Waals surface area contributed by atoms with Crippen molar-refractivity contribution in [2.75, 3.05) is 0 Å². The second kappa shape index (κ2) is 23.3. The average molecular weight is 1290 g/mol. The van der Waals surface area contributed by atoms with Gasteiger partial charge in [-0.2, -0.15) is 18.6 Å². The van der Waals surface area contributed by atoms with Crippen LogP contribution in [0.25, 0.3) is 95.0 Å². The molecule has 1 aliphatic carbocycles. The maximum atomic E-state index is 16.7. The second-order valence-electron chi connectivity index (χ2n) is 24.2. The molecule has 0 N–H and O–H groups in total. The fraction of sp³-hybridized carbons (Fsp3) is 0.293. The maximum absolute atomic E-state index is 16.7. The number of nitrogens with zero attached hydrogens (tertiary/aromatic N) is 4. The van der Waals surface area contributed by atoms with Gasteiger partial charge in [0.05, 0.1) is 45.6 Å². The molecule has 1 aliphatic rings. The third-order valence-electron chi connectivity index (χ3n) is 15.8. The minimum absolute atomic E-state index is 0. The van der Waals surface area contributed by atoms with Crippen molar-refractivity contribution in [3.05, 3.63) is 216 Å². The minimum Gasteiger partial charge on any atom is -0.497 e. The van der Waals surface area contributed by atoms with Crippen LogP contribution in [0.1, 0.15) is 167 Å². The first-order chi connectivity index (χ1) is 43.9. The Kier molecular flexibility index (Phi) is 12.6. The predicted molar refractivity (Wildman–Crippen MR) is 337 cm³/mol. The van der Waals surface area contributed by atoms with Gasteiger partial charge in [0.1, 0.15) is 5.76 Å². The van der Waals surface area contributed by atoms with Crippen LogP contribution in [0.15, 0.2) is 155 Å². The summed E-state index contributed by atoms with van der Waals surface area (Å²) in [5.41, 5.74) is 11.8. The Morgan fingerprint density at radius 1 is 0.771 bits per heavy atom. The number of para-hydroxylation sites is 2. The second-order valence-corrected chi connectivity index (χ2v) is 24.2. The van der Waals surface area contributed by atoms with Crippen LogP contribution in [0.5, 0.6) is 0 Å². The maximum Gasteiger partial charge on any atom is 3.00 e. The Labute approximate surface area is 521 Å². The van der Waals surface area contributed by atoms with Crippen LogP contribution < -0.4 is 4.57 Å². The first-order valence-corrected chi connectivity index (χ1v) is 28.2. The Morgan fingerprint density at radius 2 is 1.47 bits per heavy atom. The molecule has 0 spiro atoms. The number of oxazole rings is 1. The molecule has 0 aliphatic heterocycles. The van der Waals surface area contributed by atoms with Gasteiger partial charge >= 0.3 is 20.1 Å². The molecule has 11 aromatic rings. The molecule has 0 saturated heterocycles. The molecule has 0 amide bonds. The number of benzene rings is 7. The molecule has 12 rings (SSSR count). The first kappa shape index (κ1) is 45.0. The van der Waals surface area contributed by atoms with Crippen LogP contribution >= 0.6 is 0 Å². The van der Waals surface area contributed by atoms with E-state index in [0.29, 0.717) is 44.4 Å². The van der Waals surface area contributed by atoms with E-state index in [4.69, 9.17) is 28.9 Å². The zero-order valence-electron chi connectivity index (χ0n) is 60.6. The first-order valence-electron chi connectivity index (χ1n) is 34.2. The third kappa shape index (κ3) is 11.8. The van der Waals surface area contributed by atoms with E-state index in [0.717, 1.165) is 87.0 Å². The Bertz CT molecular complexity index is 4620. The molecule has 4 aromatic heterocycles. The molecule has 1 fully saturated rings. The van der Waals surface area contributed by atoms with Crippen molar-refractivity contribution in [1.82, 2.24) is 14.5 Å². The van der Waals surface area contributed by atoms with E-state index in [-0.39, 0.29) is 54.1 Å². The SMILES string of the molecule is [2H]C([2H])([2H])c1cc([CH2-])c(-c2ccc(C([2H])([2H])C(C)(C)C)c[n+]2[CH2-])cc1-c1ccccc1.[2H]C([2H])([2H])c1nc(-c2ccc3c(oc4c(-c5nc6ccccc6n5-c5c(C(C)C)cc(-c6ccc(C7([2H])CCC(C)(C)CC7)cc6)cc5C(C)C)[c-]ccc43)c2F)oc1C([2H])([2H])[2H].[Ir+3]. The Hall–Kier alpha value is -7.51. The summed E-state index contributed by atoms with van der Waals surface area (Å²) < 4.78 is 130. The number of hydrogen-bond donors (Lipinski definition) is 0. The zero-order chi connectivity index (χ0) is 68.2. The van der Waals surface area contributed by atoms with Crippen LogP contribution in [0.4, 0.5) is 4.39 Å². The van der Waals surface area contributed by atoms with E-state index in [1.54, 1.807) is 41.1 Å². The van der Waals surface area contributed by atoms with Gasteiger partial charge in [0, 0.05) is 34.6 Å². The van der Waals surface area contributed by atoms with Crippen LogP contribution in [-0.2, 0) is 26.5 Å². The molecule has 6 nitrogen and oxygen atoms in total. The van der Waals surface area contributed by atoms with Crippen molar-refractivity contribution in [1.29, 1.82) is 0 Å². The van der Waals surface area contributed by atoms with Crippen molar-refractivity contribution in [2.24, 2.45) is 10.8 Å². The molecule has 4 heterocycles.